The largest absolute Gasteiger partial charge is 0.490 e. The van der Waals surface area contributed by atoms with E-state index in [2.05, 4.69) is 4.98 Å². The molecule has 3 nitrogen and oxygen atoms in total. The summed E-state index contributed by atoms with van der Waals surface area (Å²) in [6.07, 6.45) is 0.809. The number of para-hydroxylation sites is 1. The summed E-state index contributed by atoms with van der Waals surface area (Å²) in [6, 6.07) is 9.70. The molecular weight excluding hydrogens is 224 g/mol. The second-order valence-electron chi connectivity index (χ2n) is 3.46. The van der Waals surface area contributed by atoms with Crippen LogP contribution in [0.1, 0.15) is 6.42 Å². The Labute approximate surface area is 99.2 Å². The Morgan fingerprint density at radius 3 is 2.94 bits per heavy atom. The first-order valence-electron chi connectivity index (χ1n) is 5.19. The lowest BCUT2D eigenvalue weighted by Crippen LogP contribution is -2.06. The zero-order valence-electron chi connectivity index (χ0n) is 8.82. The highest BCUT2D eigenvalue weighted by Crippen LogP contribution is 2.26. The number of nitrogens with two attached hydrogens (primary N) is 1. The van der Waals surface area contributed by atoms with Crippen LogP contribution in [0.2, 0.25) is 5.15 Å². The molecule has 0 saturated carbocycles. The van der Waals surface area contributed by atoms with Gasteiger partial charge in [-0.25, -0.2) is 4.98 Å². The lowest BCUT2D eigenvalue weighted by Gasteiger charge is -2.07. The van der Waals surface area contributed by atoms with E-state index in [1.807, 2.05) is 30.3 Å². The predicted octanol–water partition coefficient (Wildman–Crippen LogP) is 2.62. The molecule has 4 heteroatoms. The molecule has 0 saturated heterocycles. The summed E-state index contributed by atoms with van der Waals surface area (Å²) in [4.78, 5) is 4.26. The van der Waals surface area contributed by atoms with Crippen LogP contribution in [-0.2, 0) is 0 Å². The topological polar surface area (TPSA) is 48.1 Å². The maximum absolute atomic E-state index is 6.01. The van der Waals surface area contributed by atoms with Gasteiger partial charge in [-0.15, -0.1) is 0 Å². The van der Waals surface area contributed by atoms with Crippen molar-refractivity contribution in [3.63, 3.8) is 0 Å². The summed E-state index contributed by atoms with van der Waals surface area (Å²) in [7, 11) is 0. The second kappa shape index (κ2) is 5.14. The highest BCUT2D eigenvalue weighted by Gasteiger charge is 2.05. The molecule has 1 aromatic carbocycles. The lowest BCUT2D eigenvalue weighted by atomic mass is 10.2. The summed E-state index contributed by atoms with van der Waals surface area (Å²) in [6.45, 7) is 1.18. The molecule has 0 bridgehead atoms. The Hall–Kier alpha value is -1.32. The Morgan fingerprint density at radius 1 is 1.31 bits per heavy atom. The summed E-state index contributed by atoms with van der Waals surface area (Å²) < 4.78 is 5.51. The van der Waals surface area contributed by atoms with Crippen LogP contribution >= 0.6 is 11.6 Å². The molecule has 2 N–H and O–H groups in total. The molecule has 0 radical (unpaired) electrons. The zero-order chi connectivity index (χ0) is 11.4. The third-order valence-corrected chi connectivity index (χ3v) is 2.52. The van der Waals surface area contributed by atoms with Gasteiger partial charge in [0.25, 0.3) is 0 Å². The van der Waals surface area contributed by atoms with Crippen molar-refractivity contribution < 1.29 is 4.74 Å². The van der Waals surface area contributed by atoms with Crippen LogP contribution in [0.3, 0.4) is 0 Å². The third-order valence-electron chi connectivity index (χ3n) is 2.25. The number of rotatable bonds is 4. The average molecular weight is 237 g/mol. The van der Waals surface area contributed by atoms with Crippen LogP contribution < -0.4 is 10.5 Å². The molecule has 0 unspecified atom stereocenters. The van der Waals surface area contributed by atoms with Crippen molar-refractivity contribution in [2.24, 2.45) is 5.73 Å². The van der Waals surface area contributed by atoms with Crippen LogP contribution in [0.4, 0.5) is 0 Å². The molecular formula is C12H13ClN2O. The number of nitrogens with zero attached hydrogens (tertiary/aromatic N) is 1. The number of pyridine rings is 1. The molecule has 16 heavy (non-hydrogen) atoms. The SMILES string of the molecule is NCCCOc1cc2ccccc2nc1Cl. The first kappa shape index (κ1) is 11.2. The average Bonchev–Trinajstić information content (AvgIpc) is 2.30. The summed E-state index contributed by atoms with van der Waals surface area (Å²) >= 11 is 6.01. The first-order valence-corrected chi connectivity index (χ1v) is 5.57. The van der Waals surface area contributed by atoms with Gasteiger partial charge < -0.3 is 10.5 Å². The molecule has 1 heterocycles. The minimum Gasteiger partial charge on any atom is -0.490 e. The molecule has 0 aliphatic rings. The van der Waals surface area contributed by atoms with E-state index in [0.717, 1.165) is 17.3 Å². The fourth-order valence-corrected chi connectivity index (χ4v) is 1.64. The maximum Gasteiger partial charge on any atom is 0.171 e. The third kappa shape index (κ3) is 2.43. The van der Waals surface area contributed by atoms with Crippen molar-refractivity contribution in [2.45, 2.75) is 6.42 Å². The van der Waals surface area contributed by atoms with E-state index < -0.39 is 0 Å². The molecule has 0 amide bonds. The van der Waals surface area contributed by atoms with Gasteiger partial charge in [0.1, 0.15) is 0 Å². The summed E-state index contributed by atoms with van der Waals surface area (Å²) in [5.74, 6) is 0.619. The van der Waals surface area contributed by atoms with Crippen LogP contribution in [0, 0.1) is 0 Å². The Kier molecular flexibility index (Phi) is 3.59. The standard InChI is InChI=1S/C12H13ClN2O/c13-12-11(16-7-3-6-14)8-9-4-1-2-5-10(9)15-12/h1-2,4-5,8H,3,6-7,14H2. The van der Waals surface area contributed by atoms with E-state index in [1.54, 1.807) is 0 Å². The number of halogens is 1. The van der Waals surface area contributed by atoms with Crippen molar-refractivity contribution in [2.75, 3.05) is 13.2 Å². The highest BCUT2D eigenvalue weighted by atomic mass is 35.5. The van der Waals surface area contributed by atoms with Gasteiger partial charge >= 0.3 is 0 Å². The fourth-order valence-electron chi connectivity index (χ4n) is 1.44. The van der Waals surface area contributed by atoms with Crippen molar-refractivity contribution in [3.05, 3.63) is 35.5 Å². The first-order chi connectivity index (χ1) is 7.81. The Morgan fingerprint density at radius 2 is 2.12 bits per heavy atom. The minimum absolute atomic E-state index is 0.399. The number of aromatic nitrogens is 1. The predicted molar refractivity (Wildman–Crippen MR) is 65.9 cm³/mol. The van der Waals surface area contributed by atoms with Crippen molar-refractivity contribution in [1.29, 1.82) is 0 Å². The Bertz CT molecular complexity index is 487. The quantitative estimate of drug-likeness (QED) is 0.656. The van der Waals surface area contributed by atoms with Gasteiger partial charge in [0.2, 0.25) is 0 Å². The minimum atomic E-state index is 0.399. The number of fused-ring (bicyclic) bond motifs is 1. The fraction of sp³-hybridized carbons (Fsp3) is 0.250. The van der Waals surface area contributed by atoms with Crippen molar-refractivity contribution in [3.8, 4) is 5.75 Å². The number of ether oxygens (including phenoxy) is 1. The van der Waals surface area contributed by atoms with E-state index in [1.165, 1.54) is 0 Å². The number of hydrogen-bond acceptors (Lipinski definition) is 3. The molecule has 84 valence electrons. The summed E-state index contributed by atoms with van der Waals surface area (Å²) in [5.41, 5.74) is 6.27. The molecule has 0 atom stereocenters. The van der Waals surface area contributed by atoms with Crippen LogP contribution in [0.5, 0.6) is 5.75 Å². The van der Waals surface area contributed by atoms with Gasteiger partial charge in [-0.2, -0.15) is 0 Å². The van der Waals surface area contributed by atoms with Gasteiger partial charge in [0.05, 0.1) is 12.1 Å². The lowest BCUT2D eigenvalue weighted by molar-refractivity contribution is 0.313. The van der Waals surface area contributed by atoms with Gasteiger partial charge in [-0.3, -0.25) is 0 Å². The van der Waals surface area contributed by atoms with Crippen LogP contribution in [0.15, 0.2) is 30.3 Å². The zero-order valence-corrected chi connectivity index (χ0v) is 9.57. The number of benzene rings is 1. The van der Waals surface area contributed by atoms with E-state index in [4.69, 9.17) is 22.1 Å². The molecule has 0 fully saturated rings. The van der Waals surface area contributed by atoms with E-state index in [9.17, 15) is 0 Å². The summed E-state index contributed by atoms with van der Waals surface area (Å²) in [5, 5.41) is 1.42. The van der Waals surface area contributed by atoms with Crippen molar-refractivity contribution in [1.82, 2.24) is 4.98 Å². The molecule has 0 aliphatic heterocycles. The van der Waals surface area contributed by atoms with Gasteiger partial charge in [0, 0.05) is 5.39 Å². The van der Waals surface area contributed by atoms with E-state index in [-0.39, 0.29) is 0 Å². The van der Waals surface area contributed by atoms with Crippen LogP contribution in [0.25, 0.3) is 10.9 Å². The molecule has 1 aromatic heterocycles. The monoisotopic (exact) mass is 236 g/mol. The van der Waals surface area contributed by atoms with E-state index in [0.29, 0.717) is 24.1 Å². The Balaban J connectivity index is 2.27. The molecule has 2 rings (SSSR count). The van der Waals surface area contributed by atoms with Gasteiger partial charge in [0.15, 0.2) is 10.9 Å². The molecule has 0 aliphatic carbocycles. The van der Waals surface area contributed by atoms with Crippen LogP contribution in [-0.4, -0.2) is 18.1 Å². The molecule has 2 aromatic rings. The smallest absolute Gasteiger partial charge is 0.171 e. The highest BCUT2D eigenvalue weighted by molar-refractivity contribution is 6.31. The van der Waals surface area contributed by atoms with Gasteiger partial charge in [-0.1, -0.05) is 29.8 Å². The maximum atomic E-state index is 6.01. The van der Waals surface area contributed by atoms with Gasteiger partial charge in [-0.05, 0) is 25.1 Å². The van der Waals surface area contributed by atoms with Crippen molar-refractivity contribution >= 4 is 22.5 Å². The number of hydrogen-bond donors (Lipinski definition) is 1. The van der Waals surface area contributed by atoms with E-state index >= 15 is 0 Å². The second-order valence-corrected chi connectivity index (χ2v) is 3.82. The normalized spacial score (nSPS) is 10.6. The molecule has 0 spiro atoms.